The Bertz CT molecular complexity index is 625. The quantitative estimate of drug-likeness (QED) is 0.856. The number of nitrogens with zero attached hydrogens (tertiary/aromatic N) is 3. The first-order valence-corrected chi connectivity index (χ1v) is 6.08. The van der Waals surface area contributed by atoms with Crippen LogP contribution in [0.5, 0.6) is 5.75 Å². The molecule has 6 heteroatoms. The van der Waals surface area contributed by atoms with Gasteiger partial charge >= 0.3 is 0 Å². The maximum Gasteiger partial charge on any atom is 0.256 e. The van der Waals surface area contributed by atoms with E-state index in [1.54, 1.807) is 31.0 Å². The molecule has 0 aliphatic heterocycles. The molecule has 0 atom stereocenters. The van der Waals surface area contributed by atoms with E-state index in [2.05, 4.69) is 5.10 Å². The Morgan fingerprint density at radius 2 is 2.25 bits per heavy atom. The van der Waals surface area contributed by atoms with Gasteiger partial charge in [0.25, 0.3) is 5.91 Å². The van der Waals surface area contributed by atoms with Crippen LogP contribution >= 0.6 is 0 Å². The molecular weight excluding hydrogens is 261 g/mol. The SMILES string of the molecule is COc1ccc(C(=O)N(C)Cc2cnn(C)c2)c(F)c1. The highest BCUT2D eigenvalue weighted by Gasteiger charge is 2.17. The second kappa shape index (κ2) is 5.73. The minimum atomic E-state index is -0.590. The van der Waals surface area contributed by atoms with E-state index in [9.17, 15) is 9.18 Å². The highest BCUT2D eigenvalue weighted by atomic mass is 19.1. The van der Waals surface area contributed by atoms with Crippen molar-refractivity contribution in [1.29, 1.82) is 0 Å². The molecule has 0 saturated carbocycles. The van der Waals surface area contributed by atoms with Gasteiger partial charge in [-0.15, -0.1) is 0 Å². The smallest absolute Gasteiger partial charge is 0.256 e. The van der Waals surface area contributed by atoms with Gasteiger partial charge in [-0.25, -0.2) is 4.39 Å². The summed E-state index contributed by atoms with van der Waals surface area (Å²) in [6, 6.07) is 4.19. The number of aromatic nitrogens is 2. The predicted octanol–water partition coefficient (Wildman–Crippen LogP) is 1.84. The number of hydrogen-bond acceptors (Lipinski definition) is 3. The Balaban J connectivity index is 2.14. The van der Waals surface area contributed by atoms with Crippen molar-refractivity contribution in [2.45, 2.75) is 6.54 Å². The fourth-order valence-corrected chi connectivity index (χ4v) is 1.90. The molecule has 0 saturated heterocycles. The van der Waals surface area contributed by atoms with Crippen molar-refractivity contribution >= 4 is 5.91 Å². The summed E-state index contributed by atoms with van der Waals surface area (Å²) in [6.07, 6.45) is 3.49. The van der Waals surface area contributed by atoms with E-state index >= 15 is 0 Å². The predicted molar refractivity (Wildman–Crippen MR) is 72.0 cm³/mol. The third kappa shape index (κ3) is 2.96. The molecule has 0 aliphatic rings. The molecule has 2 rings (SSSR count). The molecule has 0 radical (unpaired) electrons. The number of ether oxygens (including phenoxy) is 1. The van der Waals surface area contributed by atoms with Gasteiger partial charge in [0.2, 0.25) is 0 Å². The van der Waals surface area contributed by atoms with Crippen LogP contribution in [0, 0.1) is 5.82 Å². The lowest BCUT2D eigenvalue weighted by Gasteiger charge is -2.16. The summed E-state index contributed by atoms with van der Waals surface area (Å²) in [6.45, 7) is 0.373. The van der Waals surface area contributed by atoms with Crippen LogP contribution < -0.4 is 4.74 Å². The number of benzene rings is 1. The van der Waals surface area contributed by atoms with Crippen molar-refractivity contribution in [2.24, 2.45) is 7.05 Å². The molecule has 20 heavy (non-hydrogen) atoms. The van der Waals surface area contributed by atoms with Gasteiger partial charge in [-0.1, -0.05) is 0 Å². The van der Waals surface area contributed by atoms with Gasteiger partial charge in [-0.2, -0.15) is 5.10 Å². The van der Waals surface area contributed by atoms with Crippen molar-refractivity contribution in [3.05, 3.63) is 47.5 Å². The normalized spacial score (nSPS) is 10.4. The fraction of sp³-hybridized carbons (Fsp3) is 0.286. The van der Waals surface area contributed by atoms with Gasteiger partial charge in [0.1, 0.15) is 11.6 Å². The van der Waals surface area contributed by atoms with E-state index in [-0.39, 0.29) is 11.5 Å². The molecule has 1 aromatic carbocycles. The summed E-state index contributed by atoms with van der Waals surface area (Å²) in [5, 5.41) is 4.03. The molecule has 106 valence electrons. The molecule has 0 N–H and O–H groups in total. The third-order valence-corrected chi connectivity index (χ3v) is 2.93. The number of methoxy groups -OCH3 is 1. The van der Waals surface area contributed by atoms with E-state index in [4.69, 9.17) is 4.74 Å². The van der Waals surface area contributed by atoms with Gasteiger partial charge in [-0.3, -0.25) is 9.48 Å². The van der Waals surface area contributed by atoms with E-state index in [0.717, 1.165) is 5.56 Å². The Morgan fingerprint density at radius 1 is 1.50 bits per heavy atom. The Morgan fingerprint density at radius 3 is 2.80 bits per heavy atom. The lowest BCUT2D eigenvalue weighted by atomic mass is 10.1. The second-order valence-corrected chi connectivity index (χ2v) is 4.53. The highest BCUT2D eigenvalue weighted by Crippen LogP contribution is 2.18. The van der Waals surface area contributed by atoms with E-state index in [1.807, 2.05) is 6.20 Å². The third-order valence-electron chi connectivity index (χ3n) is 2.93. The summed E-state index contributed by atoms with van der Waals surface area (Å²) >= 11 is 0. The Kier molecular flexibility index (Phi) is 4.02. The standard InChI is InChI=1S/C14H16FN3O2/c1-17(8-10-7-16-18(2)9-10)14(19)12-5-4-11(20-3)6-13(12)15/h4-7,9H,8H2,1-3H3. The monoisotopic (exact) mass is 277 g/mol. The van der Waals surface area contributed by atoms with Crippen molar-refractivity contribution in [2.75, 3.05) is 14.2 Å². The maximum absolute atomic E-state index is 13.8. The highest BCUT2D eigenvalue weighted by molar-refractivity contribution is 5.94. The van der Waals surface area contributed by atoms with Gasteiger partial charge in [0, 0.05) is 38.5 Å². The molecule has 0 unspecified atom stereocenters. The first-order valence-electron chi connectivity index (χ1n) is 6.08. The summed E-state index contributed by atoms with van der Waals surface area (Å²) in [7, 11) is 4.87. The van der Waals surface area contributed by atoms with Crippen LogP contribution in [0.4, 0.5) is 4.39 Å². The molecule has 2 aromatic rings. The molecule has 0 bridgehead atoms. The van der Waals surface area contributed by atoms with E-state index < -0.39 is 5.82 Å². The average molecular weight is 277 g/mol. The van der Waals surface area contributed by atoms with Crippen molar-refractivity contribution < 1.29 is 13.9 Å². The number of amides is 1. The topological polar surface area (TPSA) is 47.4 Å². The van der Waals surface area contributed by atoms with Gasteiger partial charge < -0.3 is 9.64 Å². The lowest BCUT2D eigenvalue weighted by Crippen LogP contribution is -2.26. The summed E-state index contributed by atoms with van der Waals surface area (Å²) in [4.78, 5) is 13.6. The van der Waals surface area contributed by atoms with Gasteiger partial charge in [0.05, 0.1) is 18.9 Å². The molecule has 0 fully saturated rings. The van der Waals surface area contributed by atoms with Crippen LogP contribution in [0.2, 0.25) is 0 Å². The molecule has 1 amide bonds. The van der Waals surface area contributed by atoms with Crippen LogP contribution in [0.25, 0.3) is 0 Å². The van der Waals surface area contributed by atoms with Crippen LogP contribution in [0.15, 0.2) is 30.6 Å². The lowest BCUT2D eigenvalue weighted by molar-refractivity contribution is 0.0780. The Hall–Kier alpha value is -2.37. The largest absolute Gasteiger partial charge is 0.497 e. The summed E-state index contributed by atoms with van der Waals surface area (Å²) in [5.41, 5.74) is 0.912. The van der Waals surface area contributed by atoms with E-state index in [1.165, 1.54) is 24.1 Å². The fourth-order valence-electron chi connectivity index (χ4n) is 1.90. The van der Waals surface area contributed by atoms with Crippen LogP contribution in [0.3, 0.4) is 0 Å². The van der Waals surface area contributed by atoms with E-state index in [0.29, 0.717) is 12.3 Å². The maximum atomic E-state index is 13.8. The van der Waals surface area contributed by atoms with Crippen LogP contribution in [0.1, 0.15) is 15.9 Å². The average Bonchev–Trinajstić information content (AvgIpc) is 2.83. The molecule has 5 nitrogen and oxygen atoms in total. The molecule has 1 aromatic heterocycles. The minimum absolute atomic E-state index is 0.0252. The number of carbonyl (C=O) groups is 1. The number of aryl methyl sites for hydroxylation is 1. The van der Waals surface area contributed by atoms with Crippen molar-refractivity contribution in [1.82, 2.24) is 14.7 Å². The first kappa shape index (κ1) is 14.0. The molecule has 0 spiro atoms. The zero-order valence-corrected chi connectivity index (χ0v) is 11.6. The zero-order chi connectivity index (χ0) is 14.7. The Labute approximate surface area is 116 Å². The van der Waals surface area contributed by atoms with Crippen LogP contribution in [-0.2, 0) is 13.6 Å². The zero-order valence-electron chi connectivity index (χ0n) is 11.6. The first-order chi connectivity index (χ1) is 9.51. The van der Waals surface area contributed by atoms with Gasteiger partial charge in [-0.05, 0) is 12.1 Å². The number of hydrogen-bond donors (Lipinski definition) is 0. The van der Waals surface area contributed by atoms with Gasteiger partial charge in [0.15, 0.2) is 0 Å². The second-order valence-electron chi connectivity index (χ2n) is 4.53. The summed E-state index contributed by atoms with van der Waals surface area (Å²) in [5.74, 6) is -0.588. The summed E-state index contributed by atoms with van der Waals surface area (Å²) < 4.78 is 20.4. The number of halogens is 1. The van der Waals surface area contributed by atoms with Crippen molar-refractivity contribution in [3.8, 4) is 5.75 Å². The minimum Gasteiger partial charge on any atom is -0.497 e. The molecule has 0 aliphatic carbocycles. The van der Waals surface area contributed by atoms with Crippen LogP contribution in [-0.4, -0.2) is 34.7 Å². The van der Waals surface area contributed by atoms with Crippen molar-refractivity contribution in [3.63, 3.8) is 0 Å². The molecule has 1 heterocycles. The molecular formula is C14H16FN3O2. The number of carbonyl (C=O) groups excluding carboxylic acids is 1. The number of rotatable bonds is 4.